The van der Waals surface area contributed by atoms with Gasteiger partial charge in [-0.1, -0.05) is 0 Å². The number of methoxy groups -OCH3 is 3. The maximum absolute atomic E-state index is 12.5. The minimum Gasteiger partial charge on any atom is -0.497 e. The Morgan fingerprint density at radius 2 is 1.90 bits per heavy atom. The number of amides is 1. The maximum Gasteiger partial charge on any atom is 0.344 e. The second-order valence-electron chi connectivity index (χ2n) is 6.29. The van der Waals surface area contributed by atoms with E-state index in [4.69, 9.17) is 18.9 Å². The van der Waals surface area contributed by atoms with Gasteiger partial charge in [0.15, 0.2) is 17.7 Å². The number of hydrogen-bond acceptors (Lipinski definition) is 7. The van der Waals surface area contributed by atoms with Gasteiger partial charge in [0.25, 0.3) is 5.91 Å². The van der Waals surface area contributed by atoms with Gasteiger partial charge in [-0.25, -0.2) is 4.79 Å². The Morgan fingerprint density at radius 3 is 2.62 bits per heavy atom. The monoisotopic (exact) mass is 397 g/mol. The largest absolute Gasteiger partial charge is 0.497 e. The molecule has 0 aliphatic carbocycles. The van der Waals surface area contributed by atoms with Crippen LogP contribution in [0.2, 0.25) is 0 Å². The van der Waals surface area contributed by atoms with Gasteiger partial charge in [-0.15, -0.1) is 0 Å². The molecule has 3 N–H and O–H groups in total. The number of H-pyrrole nitrogens is 1. The number of hydrogen-bond donors (Lipinski definition) is 3. The summed E-state index contributed by atoms with van der Waals surface area (Å²) in [5.74, 6) is 0.419. The third-order valence-electron chi connectivity index (χ3n) is 4.68. The zero-order valence-electron chi connectivity index (χ0n) is 16.0. The smallest absolute Gasteiger partial charge is 0.344 e. The van der Waals surface area contributed by atoms with Gasteiger partial charge >= 0.3 is 5.97 Å². The number of aromatic amines is 1. The SMILES string of the molecule is COc1ccc2[nH]c(C(=O)NN[C@@H]3OC(=O)c4c3ccc(OC)c4OC)cc2c1. The van der Waals surface area contributed by atoms with E-state index in [-0.39, 0.29) is 11.3 Å². The lowest BCUT2D eigenvalue weighted by Crippen LogP contribution is -2.40. The molecule has 29 heavy (non-hydrogen) atoms. The molecule has 3 aromatic rings. The number of carbonyl (C=O) groups is 2. The first-order valence-electron chi connectivity index (χ1n) is 8.74. The molecular formula is C20H19N3O6. The van der Waals surface area contributed by atoms with E-state index in [0.717, 1.165) is 10.9 Å². The van der Waals surface area contributed by atoms with Gasteiger partial charge in [0.1, 0.15) is 17.0 Å². The van der Waals surface area contributed by atoms with Gasteiger partial charge in [-0.3, -0.25) is 10.2 Å². The fraction of sp³-hybridized carbons (Fsp3) is 0.200. The number of carbonyl (C=O) groups excluding carboxylic acids is 2. The first-order chi connectivity index (χ1) is 14.0. The van der Waals surface area contributed by atoms with Crippen LogP contribution in [0.15, 0.2) is 36.4 Å². The molecule has 0 saturated heterocycles. The number of cyclic esters (lactones) is 1. The summed E-state index contributed by atoms with van der Waals surface area (Å²) in [4.78, 5) is 27.8. The van der Waals surface area contributed by atoms with Gasteiger partial charge in [0.05, 0.1) is 21.3 Å². The molecule has 4 rings (SSSR count). The number of rotatable bonds is 6. The minimum absolute atomic E-state index is 0.260. The van der Waals surface area contributed by atoms with Crippen molar-refractivity contribution >= 4 is 22.8 Å². The number of hydrazine groups is 1. The van der Waals surface area contributed by atoms with Crippen molar-refractivity contribution in [3.8, 4) is 17.2 Å². The van der Waals surface area contributed by atoms with Crippen molar-refractivity contribution < 1.29 is 28.5 Å². The Bertz CT molecular complexity index is 1110. The van der Waals surface area contributed by atoms with E-state index < -0.39 is 18.1 Å². The van der Waals surface area contributed by atoms with Crippen LogP contribution >= 0.6 is 0 Å². The predicted molar refractivity (Wildman–Crippen MR) is 103 cm³/mol. The van der Waals surface area contributed by atoms with Crippen LogP contribution in [-0.2, 0) is 4.74 Å². The molecule has 0 bridgehead atoms. The van der Waals surface area contributed by atoms with E-state index in [9.17, 15) is 9.59 Å². The lowest BCUT2D eigenvalue weighted by atomic mass is 10.1. The maximum atomic E-state index is 12.5. The molecule has 1 amide bonds. The highest BCUT2D eigenvalue weighted by atomic mass is 16.6. The third kappa shape index (κ3) is 3.21. The highest BCUT2D eigenvalue weighted by Gasteiger charge is 2.36. The summed E-state index contributed by atoms with van der Waals surface area (Å²) in [6, 6.07) is 10.5. The highest BCUT2D eigenvalue weighted by molar-refractivity contribution is 5.99. The van der Waals surface area contributed by atoms with Crippen molar-refractivity contribution in [2.75, 3.05) is 21.3 Å². The Hall–Kier alpha value is -3.72. The quantitative estimate of drug-likeness (QED) is 0.432. The first kappa shape index (κ1) is 18.6. The van der Waals surface area contributed by atoms with Crippen LogP contribution in [0.3, 0.4) is 0 Å². The molecule has 9 nitrogen and oxygen atoms in total. The highest BCUT2D eigenvalue weighted by Crippen LogP contribution is 2.40. The lowest BCUT2D eigenvalue weighted by molar-refractivity contribution is 0.0259. The molecule has 150 valence electrons. The molecule has 1 aliphatic heterocycles. The Labute approximate surface area is 165 Å². The number of ether oxygens (including phenoxy) is 4. The average Bonchev–Trinajstić information content (AvgIpc) is 3.31. The third-order valence-corrected chi connectivity index (χ3v) is 4.68. The summed E-state index contributed by atoms with van der Waals surface area (Å²) in [6.45, 7) is 0. The van der Waals surface area contributed by atoms with Gasteiger partial charge in [-0.2, -0.15) is 5.43 Å². The van der Waals surface area contributed by atoms with E-state index >= 15 is 0 Å². The first-order valence-corrected chi connectivity index (χ1v) is 8.74. The molecule has 0 radical (unpaired) electrons. The zero-order valence-corrected chi connectivity index (χ0v) is 16.0. The molecule has 1 aliphatic rings. The van der Waals surface area contributed by atoms with Crippen LogP contribution in [0.5, 0.6) is 17.2 Å². The molecule has 2 aromatic carbocycles. The van der Waals surface area contributed by atoms with Crippen molar-refractivity contribution in [2.45, 2.75) is 6.23 Å². The predicted octanol–water partition coefficient (Wildman–Crippen LogP) is 2.30. The van der Waals surface area contributed by atoms with Crippen molar-refractivity contribution in [1.82, 2.24) is 15.8 Å². The van der Waals surface area contributed by atoms with E-state index in [1.165, 1.54) is 14.2 Å². The second-order valence-corrected chi connectivity index (χ2v) is 6.29. The lowest BCUT2D eigenvalue weighted by Gasteiger charge is -2.14. The fourth-order valence-electron chi connectivity index (χ4n) is 3.27. The summed E-state index contributed by atoms with van der Waals surface area (Å²) in [5, 5.41) is 0.837. The standard InChI is InChI=1S/C20H19N3O6/c1-26-11-4-6-13-10(8-11)9-14(21-13)18(24)22-23-19-12-5-7-15(27-2)17(28-3)16(12)20(25)29-19/h4-9,19,21,23H,1-3H3,(H,22,24)/t19-/m1/s1. The zero-order chi connectivity index (χ0) is 20.5. The summed E-state index contributed by atoms with van der Waals surface area (Å²) >= 11 is 0. The van der Waals surface area contributed by atoms with Crippen LogP contribution in [0.4, 0.5) is 0 Å². The van der Waals surface area contributed by atoms with Crippen molar-refractivity contribution in [1.29, 1.82) is 0 Å². The minimum atomic E-state index is -0.856. The molecular weight excluding hydrogens is 378 g/mol. The normalized spacial score (nSPS) is 15.0. The van der Waals surface area contributed by atoms with E-state index in [1.54, 1.807) is 31.4 Å². The molecule has 2 heterocycles. The number of nitrogens with one attached hydrogen (secondary N) is 3. The molecule has 0 fully saturated rings. The van der Waals surface area contributed by atoms with Crippen molar-refractivity contribution in [2.24, 2.45) is 0 Å². The van der Waals surface area contributed by atoms with E-state index in [0.29, 0.717) is 22.8 Å². The van der Waals surface area contributed by atoms with Crippen molar-refractivity contribution in [3.63, 3.8) is 0 Å². The van der Waals surface area contributed by atoms with Crippen LogP contribution in [-0.4, -0.2) is 38.2 Å². The Balaban J connectivity index is 1.52. The summed E-state index contributed by atoms with van der Waals surface area (Å²) in [7, 11) is 4.51. The number of benzene rings is 2. The molecule has 1 aromatic heterocycles. The summed E-state index contributed by atoms with van der Waals surface area (Å²) in [6.07, 6.45) is -0.856. The summed E-state index contributed by atoms with van der Waals surface area (Å²) in [5.41, 5.74) is 7.23. The number of esters is 1. The van der Waals surface area contributed by atoms with Gasteiger partial charge in [-0.05, 0) is 36.4 Å². The number of aromatic nitrogens is 1. The Kier molecular flexibility index (Phi) is 4.73. The number of fused-ring (bicyclic) bond motifs is 2. The molecule has 0 spiro atoms. The van der Waals surface area contributed by atoms with Crippen molar-refractivity contribution in [3.05, 3.63) is 53.2 Å². The topological polar surface area (TPSA) is 111 Å². The Morgan fingerprint density at radius 1 is 1.07 bits per heavy atom. The van der Waals surface area contributed by atoms with Crippen LogP contribution < -0.4 is 25.1 Å². The van der Waals surface area contributed by atoms with Gasteiger partial charge in [0.2, 0.25) is 0 Å². The van der Waals surface area contributed by atoms with Crippen LogP contribution in [0.25, 0.3) is 10.9 Å². The van der Waals surface area contributed by atoms with Crippen LogP contribution in [0.1, 0.15) is 32.6 Å². The average molecular weight is 397 g/mol. The molecule has 0 unspecified atom stereocenters. The van der Waals surface area contributed by atoms with Gasteiger partial charge < -0.3 is 23.9 Å². The van der Waals surface area contributed by atoms with E-state index in [1.807, 2.05) is 12.1 Å². The van der Waals surface area contributed by atoms with E-state index in [2.05, 4.69) is 15.8 Å². The molecule has 1 atom stereocenters. The fourth-order valence-corrected chi connectivity index (χ4v) is 3.27. The molecule has 0 saturated carbocycles. The van der Waals surface area contributed by atoms with Crippen LogP contribution in [0, 0.1) is 0 Å². The molecule has 9 heteroatoms. The second kappa shape index (κ2) is 7.36. The van der Waals surface area contributed by atoms with Gasteiger partial charge in [0, 0.05) is 16.5 Å². The summed E-state index contributed by atoms with van der Waals surface area (Å²) < 4.78 is 21.0.